The maximum atomic E-state index is 12.5. The number of rotatable bonds is 7. The van der Waals surface area contributed by atoms with Gasteiger partial charge < -0.3 is 4.74 Å². The number of ether oxygens (including phenoxy) is 1. The molecule has 0 bridgehead atoms. The van der Waals surface area contributed by atoms with Crippen LogP contribution in [0, 0.1) is 5.92 Å². The van der Waals surface area contributed by atoms with E-state index in [0.29, 0.717) is 24.2 Å². The predicted molar refractivity (Wildman–Crippen MR) is 115 cm³/mol. The molecule has 1 fully saturated rings. The van der Waals surface area contributed by atoms with Gasteiger partial charge in [-0.15, -0.1) is 5.10 Å². The largest absolute Gasteiger partial charge is 0.476 e. The van der Waals surface area contributed by atoms with E-state index in [1.165, 1.54) is 54.6 Å². The van der Waals surface area contributed by atoms with Crippen molar-refractivity contribution in [2.45, 2.75) is 30.6 Å². The standard InChI is InChI=1S/C21H21ClN4O4S/c22-20-17(21(27)25-31(28,29)16-8-2-1-3-9-16)10-11-18(23-20)26-13-12-19(24-26)30-14-15-6-4-5-7-15/h1-3,8-13,15H,4-7,14H2,(H,25,27). The normalized spacial score (nSPS) is 14.5. The molecule has 1 saturated carbocycles. The third-order valence-electron chi connectivity index (χ3n) is 5.10. The molecule has 1 amide bonds. The summed E-state index contributed by atoms with van der Waals surface area (Å²) in [5.74, 6) is 0.570. The van der Waals surface area contributed by atoms with Crippen LogP contribution >= 0.6 is 11.6 Å². The lowest BCUT2D eigenvalue weighted by molar-refractivity contribution is 0.0981. The molecule has 0 atom stereocenters. The summed E-state index contributed by atoms with van der Waals surface area (Å²) in [6.45, 7) is 0.639. The van der Waals surface area contributed by atoms with Crippen molar-refractivity contribution < 1.29 is 17.9 Å². The van der Waals surface area contributed by atoms with Crippen molar-refractivity contribution >= 4 is 27.5 Å². The Morgan fingerprint density at radius 3 is 2.58 bits per heavy atom. The Bertz CT molecular complexity index is 1180. The molecule has 1 aromatic carbocycles. The van der Waals surface area contributed by atoms with E-state index in [9.17, 15) is 13.2 Å². The first-order valence-corrected chi connectivity index (χ1v) is 11.8. The van der Waals surface area contributed by atoms with Gasteiger partial charge in [-0.1, -0.05) is 42.6 Å². The van der Waals surface area contributed by atoms with Crippen molar-refractivity contribution in [3.05, 3.63) is 65.4 Å². The minimum Gasteiger partial charge on any atom is -0.476 e. The molecule has 0 saturated heterocycles. The monoisotopic (exact) mass is 460 g/mol. The molecule has 1 aliphatic rings. The maximum absolute atomic E-state index is 12.5. The molecule has 2 aromatic heterocycles. The summed E-state index contributed by atoms with van der Waals surface area (Å²) in [5, 5.41) is 4.20. The molecule has 3 aromatic rings. The molecule has 8 nitrogen and oxygen atoms in total. The molecule has 4 rings (SSSR count). The first-order chi connectivity index (χ1) is 14.9. The lowest BCUT2D eigenvalue weighted by Gasteiger charge is -2.09. The fourth-order valence-electron chi connectivity index (χ4n) is 3.45. The third-order valence-corrected chi connectivity index (χ3v) is 6.74. The number of amides is 1. The van der Waals surface area contributed by atoms with Crippen LogP contribution in [0.3, 0.4) is 0 Å². The minimum atomic E-state index is -4.02. The second-order valence-electron chi connectivity index (χ2n) is 7.32. The van der Waals surface area contributed by atoms with Crippen molar-refractivity contribution in [1.82, 2.24) is 19.5 Å². The van der Waals surface area contributed by atoms with Crippen molar-refractivity contribution in [2.75, 3.05) is 6.61 Å². The Hall–Kier alpha value is -2.91. The molecular formula is C21H21ClN4O4S. The van der Waals surface area contributed by atoms with Crippen LogP contribution in [0.25, 0.3) is 5.82 Å². The third kappa shape index (κ3) is 5.05. The number of benzene rings is 1. The van der Waals surface area contributed by atoms with E-state index < -0.39 is 15.9 Å². The van der Waals surface area contributed by atoms with Crippen LogP contribution < -0.4 is 9.46 Å². The summed E-state index contributed by atoms with van der Waals surface area (Å²) in [5.41, 5.74) is -0.0604. The van der Waals surface area contributed by atoms with Gasteiger partial charge in [0.1, 0.15) is 5.15 Å². The molecule has 0 radical (unpaired) electrons. The summed E-state index contributed by atoms with van der Waals surface area (Å²) in [4.78, 5) is 16.6. The van der Waals surface area contributed by atoms with Crippen LogP contribution in [0.1, 0.15) is 36.0 Å². The van der Waals surface area contributed by atoms with Crippen molar-refractivity contribution in [1.29, 1.82) is 0 Å². The number of aromatic nitrogens is 3. The van der Waals surface area contributed by atoms with E-state index in [-0.39, 0.29) is 15.6 Å². The zero-order valence-corrected chi connectivity index (χ0v) is 18.1. The van der Waals surface area contributed by atoms with Crippen molar-refractivity contribution in [2.24, 2.45) is 5.92 Å². The molecule has 31 heavy (non-hydrogen) atoms. The van der Waals surface area contributed by atoms with Crippen LogP contribution in [-0.2, 0) is 10.0 Å². The zero-order chi connectivity index (χ0) is 21.8. The van der Waals surface area contributed by atoms with Gasteiger partial charge >= 0.3 is 0 Å². The van der Waals surface area contributed by atoms with Crippen LogP contribution in [0.2, 0.25) is 5.15 Å². The highest BCUT2D eigenvalue weighted by molar-refractivity contribution is 7.90. The summed E-state index contributed by atoms with van der Waals surface area (Å²) < 4.78 is 33.9. The first kappa shape index (κ1) is 21.3. The summed E-state index contributed by atoms with van der Waals surface area (Å²) in [7, 11) is -4.02. The van der Waals surface area contributed by atoms with Gasteiger partial charge in [-0.25, -0.2) is 22.8 Å². The van der Waals surface area contributed by atoms with Gasteiger partial charge in [0.25, 0.3) is 15.9 Å². The van der Waals surface area contributed by atoms with Gasteiger partial charge in [0, 0.05) is 12.3 Å². The van der Waals surface area contributed by atoms with Crippen LogP contribution in [-0.4, -0.2) is 35.7 Å². The van der Waals surface area contributed by atoms with Crippen LogP contribution in [0.5, 0.6) is 5.88 Å². The Labute approximate surface area is 185 Å². The molecule has 10 heteroatoms. The highest BCUT2D eigenvalue weighted by Gasteiger charge is 2.21. The average molecular weight is 461 g/mol. The molecular weight excluding hydrogens is 440 g/mol. The van der Waals surface area contributed by atoms with Gasteiger partial charge in [-0.3, -0.25) is 4.79 Å². The molecule has 0 aliphatic heterocycles. The van der Waals surface area contributed by atoms with Crippen molar-refractivity contribution in [3.8, 4) is 11.7 Å². The van der Waals surface area contributed by atoms with Gasteiger partial charge in [-0.05, 0) is 43.0 Å². The van der Waals surface area contributed by atoms with E-state index in [1.54, 1.807) is 30.5 Å². The lowest BCUT2D eigenvalue weighted by Crippen LogP contribution is -2.31. The molecule has 0 spiro atoms. The minimum absolute atomic E-state index is 0.0225. The fraction of sp³-hybridized carbons (Fsp3) is 0.286. The topological polar surface area (TPSA) is 103 Å². The van der Waals surface area contributed by atoms with E-state index >= 15 is 0 Å². The Balaban J connectivity index is 1.45. The zero-order valence-electron chi connectivity index (χ0n) is 16.6. The SMILES string of the molecule is O=C(NS(=O)(=O)c1ccccc1)c1ccc(-n2ccc(OCC3CCCC3)n2)nc1Cl. The quantitative estimate of drug-likeness (QED) is 0.540. The maximum Gasteiger partial charge on any atom is 0.268 e. The number of pyridine rings is 1. The second kappa shape index (κ2) is 9.07. The van der Waals surface area contributed by atoms with E-state index in [1.807, 2.05) is 4.72 Å². The van der Waals surface area contributed by atoms with Crippen LogP contribution in [0.15, 0.2) is 59.6 Å². The highest BCUT2D eigenvalue weighted by Crippen LogP contribution is 2.25. The number of hydrogen-bond acceptors (Lipinski definition) is 6. The smallest absolute Gasteiger partial charge is 0.268 e. The Kier molecular flexibility index (Phi) is 6.24. The number of nitrogens with zero attached hydrogens (tertiary/aromatic N) is 3. The Morgan fingerprint density at radius 1 is 1.13 bits per heavy atom. The summed E-state index contributed by atoms with van der Waals surface area (Å²) in [6, 6.07) is 12.3. The fourth-order valence-corrected chi connectivity index (χ4v) is 4.67. The second-order valence-corrected chi connectivity index (χ2v) is 9.36. The van der Waals surface area contributed by atoms with E-state index in [0.717, 1.165) is 0 Å². The molecule has 1 aliphatic carbocycles. The number of carbonyl (C=O) groups excluding carboxylic acids is 1. The van der Waals surface area contributed by atoms with Gasteiger partial charge in [0.05, 0.1) is 17.1 Å². The Morgan fingerprint density at radius 2 is 1.87 bits per heavy atom. The van der Waals surface area contributed by atoms with Gasteiger partial charge in [-0.2, -0.15) is 0 Å². The number of nitrogens with one attached hydrogen (secondary N) is 1. The highest BCUT2D eigenvalue weighted by atomic mass is 35.5. The number of halogens is 1. The van der Waals surface area contributed by atoms with Gasteiger partial charge in [0.15, 0.2) is 5.82 Å². The molecule has 2 heterocycles. The van der Waals surface area contributed by atoms with E-state index in [2.05, 4.69) is 10.1 Å². The first-order valence-electron chi connectivity index (χ1n) is 9.90. The predicted octanol–water partition coefficient (Wildman–Crippen LogP) is 3.61. The van der Waals surface area contributed by atoms with Crippen molar-refractivity contribution in [3.63, 3.8) is 0 Å². The van der Waals surface area contributed by atoms with Crippen LogP contribution in [0.4, 0.5) is 0 Å². The molecule has 0 unspecified atom stereocenters. The van der Waals surface area contributed by atoms with Gasteiger partial charge in [0.2, 0.25) is 5.88 Å². The van der Waals surface area contributed by atoms with E-state index in [4.69, 9.17) is 16.3 Å². The summed E-state index contributed by atoms with van der Waals surface area (Å²) >= 11 is 6.16. The number of carbonyl (C=O) groups is 1. The molecule has 1 N–H and O–H groups in total. The summed E-state index contributed by atoms with van der Waals surface area (Å²) in [6.07, 6.45) is 6.54. The number of sulfonamides is 1. The lowest BCUT2D eigenvalue weighted by atomic mass is 10.1. The number of hydrogen-bond donors (Lipinski definition) is 1. The average Bonchev–Trinajstić information content (AvgIpc) is 3.44. The molecule has 162 valence electrons.